The van der Waals surface area contributed by atoms with Gasteiger partial charge in [-0.15, -0.1) is 23.1 Å². The van der Waals surface area contributed by atoms with Crippen LogP contribution in [0.5, 0.6) is 0 Å². The molecule has 17 heavy (non-hydrogen) atoms. The summed E-state index contributed by atoms with van der Waals surface area (Å²) >= 11 is 3.50. The van der Waals surface area contributed by atoms with Crippen LogP contribution in [0.25, 0.3) is 0 Å². The highest BCUT2D eigenvalue weighted by atomic mass is 32.2. The van der Waals surface area contributed by atoms with Crippen molar-refractivity contribution in [3.8, 4) is 0 Å². The van der Waals surface area contributed by atoms with Gasteiger partial charge in [0.15, 0.2) is 5.78 Å². The molecule has 0 saturated carbocycles. The fourth-order valence-electron chi connectivity index (χ4n) is 1.41. The molecule has 2 rings (SSSR count). The SMILES string of the molecule is CC(=O)c1ccc(SCc2cnc(C)s2)cc1. The molecule has 2 nitrogen and oxygen atoms in total. The zero-order chi connectivity index (χ0) is 12.3. The Morgan fingerprint density at radius 3 is 2.59 bits per heavy atom. The Morgan fingerprint density at radius 1 is 1.35 bits per heavy atom. The maximum absolute atomic E-state index is 11.1. The molecular formula is C13H13NOS2. The fourth-order valence-corrected chi connectivity index (χ4v) is 3.13. The topological polar surface area (TPSA) is 30.0 Å². The molecule has 0 fully saturated rings. The summed E-state index contributed by atoms with van der Waals surface area (Å²) in [6, 6.07) is 7.75. The third kappa shape index (κ3) is 3.41. The molecule has 0 aliphatic heterocycles. The van der Waals surface area contributed by atoms with Crippen molar-refractivity contribution in [3.05, 3.63) is 45.9 Å². The van der Waals surface area contributed by atoms with E-state index in [-0.39, 0.29) is 5.78 Å². The fraction of sp³-hybridized carbons (Fsp3) is 0.231. The second kappa shape index (κ2) is 5.47. The average molecular weight is 263 g/mol. The molecule has 0 bridgehead atoms. The number of Topliss-reactive ketones (excluding diaryl/α,β-unsaturated/α-hetero) is 1. The van der Waals surface area contributed by atoms with E-state index in [1.54, 1.807) is 30.0 Å². The molecule has 0 atom stereocenters. The van der Waals surface area contributed by atoms with Crippen LogP contribution in [0.2, 0.25) is 0 Å². The van der Waals surface area contributed by atoms with Crippen molar-refractivity contribution in [3.63, 3.8) is 0 Å². The number of benzene rings is 1. The molecule has 0 saturated heterocycles. The van der Waals surface area contributed by atoms with Gasteiger partial charge in [0.05, 0.1) is 5.01 Å². The highest BCUT2D eigenvalue weighted by molar-refractivity contribution is 7.98. The van der Waals surface area contributed by atoms with Crippen LogP contribution in [0.1, 0.15) is 27.2 Å². The summed E-state index contributed by atoms with van der Waals surface area (Å²) in [6.07, 6.45) is 1.93. The molecule has 0 amide bonds. The van der Waals surface area contributed by atoms with Crippen molar-refractivity contribution in [2.45, 2.75) is 24.5 Å². The van der Waals surface area contributed by atoms with Crippen LogP contribution >= 0.6 is 23.1 Å². The van der Waals surface area contributed by atoms with Gasteiger partial charge in [0.1, 0.15) is 0 Å². The zero-order valence-corrected chi connectivity index (χ0v) is 11.4. The van der Waals surface area contributed by atoms with Gasteiger partial charge in [-0.3, -0.25) is 4.79 Å². The van der Waals surface area contributed by atoms with Crippen LogP contribution in [-0.2, 0) is 5.75 Å². The number of nitrogens with zero attached hydrogens (tertiary/aromatic N) is 1. The van der Waals surface area contributed by atoms with Crippen LogP contribution in [0.4, 0.5) is 0 Å². The van der Waals surface area contributed by atoms with Crippen LogP contribution in [0.15, 0.2) is 35.4 Å². The minimum atomic E-state index is 0.111. The normalized spacial score (nSPS) is 10.5. The quantitative estimate of drug-likeness (QED) is 0.618. The number of rotatable bonds is 4. The molecule has 0 aliphatic rings. The third-order valence-electron chi connectivity index (χ3n) is 2.31. The lowest BCUT2D eigenvalue weighted by Crippen LogP contribution is -1.90. The van der Waals surface area contributed by atoms with Crippen molar-refractivity contribution >= 4 is 28.9 Å². The van der Waals surface area contributed by atoms with E-state index in [1.165, 1.54) is 9.77 Å². The van der Waals surface area contributed by atoms with Gasteiger partial charge in [-0.2, -0.15) is 0 Å². The van der Waals surface area contributed by atoms with Gasteiger partial charge < -0.3 is 0 Å². The molecule has 2 aromatic rings. The first-order chi connectivity index (χ1) is 8.15. The van der Waals surface area contributed by atoms with Gasteiger partial charge in [0.25, 0.3) is 0 Å². The Balaban J connectivity index is 1.97. The standard InChI is InChI=1S/C13H13NOS2/c1-9(15)11-3-5-12(6-4-11)16-8-13-7-14-10(2)17-13/h3-7H,8H2,1-2H3. The number of carbonyl (C=O) groups excluding carboxylic acids is 1. The summed E-state index contributed by atoms with van der Waals surface area (Å²) in [7, 11) is 0. The number of aryl methyl sites for hydroxylation is 1. The number of aromatic nitrogens is 1. The van der Waals surface area contributed by atoms with E-state index in [4.69, 9.17) is 0 Å². The summed E-state index contributed by atoms with van der Waals surface area (Å²) in [5.41, 5.74) is 0.767. The second-order valence-electron chi connectivity index (χ2n) is 3.71. The smallest absolute Gasteiger partial charge is 0.159 e. The first kappa shape index (κ1) is 12.3. The molecule has 0 unspecified atom stereocenters. The lowest BCUT2D eigenvalue weighted by atomic mass is 10.2. The van der Waals surface area contributed by atoms with Crippen LogP contribution in [0, 0.1) is 6.92 Å². The predicted molar refractivity (Wildman–Crippen MR) is 72.9 cm³/mol. The van der Waals surface area contributed by atoms with Gasteiger partial charge in [0.2, 0.25) is 0 Å². The molecule has 0 N–H and O–H groups in total. The molecule has 0 spiro atoms. The van der Waals surface area contributed by atoms with E-state index in [0.29, 0.717) is 0 Å². The van der Waals surface area contributed by atoms with Crippen molar-refractivity contribution in [1.82, 2.24) is 4.98 Å². The predicted octanol–water partition coefficient (Wildman–Crippen LogP) is 3.95. The van der Waals surface area contributed by atoms with Crippen molar-refractivity contribution in [1.29, 1.82) is 0 Å². The van der Waals surface area contributed by atoms with Gasteiger partial charge in [-0.05, 0) is 26.0 Å². The molecule has 4 heteroatoms. The van der Waals surface area contributed by atoms with E-state index in [9.17, 15) is 4.79 Å². The molecule has 1 heterocycles. The zero-order valence-electron chi connectivity index (χ0n) is 9.77. The number of carbonyl (C=O) groups is 1. The summed E-state index contributed by atoms with van der Waals surface area (Å²) < 4.78 is 0. The molecule has 1 aromatic heterocycles. The molecule has 1 aromatic carbocycles. The number of ketones is 1. The molecule has 88 valence electrons. The van der Waals surface area contributed by atoms with E-state index in [1.807, 2.05) is 37.4 Å². The summed E-state index contributed by atoms with van der Waals surface area (Å²) in [5, 5.41) is 1.10. The number of thiazole rings is 1. The largest absolute Gasteiger partial charge is 0.295 e. The maximum atomic E-state index is 11.1. The van der Waals surface area contributed by atoms with Gasteiger partial charge >= 0.3 is 0 Å². The second-order valence-corrected chi connectivity index (χ2v) is 6.08. The van der Waals surface area contributed by atoms with Crippen molar-refractivity contribution in [2.24, 2.45) is 0 Å². The number of hydrogen-bond donors (Lipinski definition) is 0. The summed E-state index contributed by atoms with van der Waals surface area (Å²) in [6.45, 7) is 3.60. The highest BCUT2D eigenvalue weighted by Gasteiger charge is 2.02. The average Bonchev–Trinajstić information content (AvgIpc) is 2.73. The first-order valence-electron chi connectivity index (χ1n) is 5.30. The van der Waals surface area contributed by atoms with E-state index in [2.05, 4.69) is 4.98 Å². The Kier molecular flexibility index (Phi) is 3.97. The van der Waals surface area contributed by atoms with Gasteiger partial charge in [-0.1, -0.05) is 12.1 Å². The Hall–Kier alpha value is -1.13. The highest BCUT2D eigenvalue weighted by Crippen LogP contribution is 2.25. The minimum absolute atomic E-state index is 0.111. The summed E-state index contributed by atoms with van der Waals surface area (Å²) in [4.78, 5) is 17.8. The first-order valence-corrected chi connectivity index (χ1v) is 7.10. The Bertz CT molecular complexity index is 516. The van der Waals surface area contributed by atoms with Crippen molar-refractivity contribution < 1.29 is 4.79 Å². The molecule has 0 radical (unpaired) electrons. The van der Waals surface area contributed by atoms with Crippen molar-refractivity contribution in [2.75, 3.05) is 0 Å². The van der Waals surface area contributed by atoms with Crippen LogP contribution in [-0.4, -0.2) is 10.8 Å². The third-order valence-corrected chi connectivity index (χ3v) is 4.47. The Labute approximate surface area is 109 Å². The van der Waals surface area contributed by atoms with E-state index >= 15 is 0 Å². The number of hydrogen-bond acceptors (Lipinski definition) is 4. The van der Waals surface area contributed by atoms with Gasteiger partial charge in [0, 0.05) is 27.3 Å². The van der Waals surface area contributed by atoms with Gasteiger partial charge in [-0.25, -0.2) is 4.98 Å². The Morgan fingerprint density at radius 2 is 2.06 bits per heavy atom. The van der Waals surface area contributed by atoms with Crippen LogP contribution in [0.3, 0.4) is 0 Å². The lowest BCUT2D eigenvalue weighted by molar-refractivity contribution is 0.101. The summed E-state index contributed by atoms with van der Waals surface area (Å²) in [5.74, 6) is 1.05. The maximum Gasteiger partial charge on any atom is 0.159 e. The van der Waals surface area contributed by atoms with E-state index in [0.717, 1.165) is 16.3 Å². The van der Waals surface area contributed by atoms with E-state index < -0.39 is 0 Å². The van der Waals surface area contributed by atoms with Crippen LogP contribution < -0.4 is 0 Å². The monoisotopic (exact) mass is 263 g/mol. The minimum Gasteiger partial charge on any atom is -0.295 e. The molecular weight excluding hydrogens is 250 g/mol. The molecule has 0 aliphatic carbocycles. The number of thioether (sulfide) groups is 1. The lowest BCUT2D eigenvalue weighted by Gasteiger charge is -2.00.